The third-order valence-corrected chi connectivity index (χ3v) is 3.32. The van der Waals surface area contributed by atoms with Crippen molar-refractivity contribution in [2.75, 3.05) is 5.32 Å². The second kappa shape index (κ2) is 7.64. The summed E-state index contributed by atoms with van der Waals surface area (Å²) in [5.41, 5.74) is 3.00. The van der Waals surface area contributed by atoms with Gasteiger partial charge in [-0.1, -0.05) is 43.3 Å². The summed E-state index contributed by atoms with van der Waals surface area (Å²) in [6.07, 6.45) is 1.44. The van der Waals surface area contributed by atoms with E-state index in [1.807, 2.05) is 50.2 Å². The second-order valence-corrected chi connectivity index (χ2v) is 5.56. The van der Waals surface area contributed by atoms with Gasteiger partial charge in [-0.05, 0) is 43.5 Å². The Morgan fingerprint density at radius 2 is 1.68 bits per heavy atom. The van der Waals surface area contributed by atoms with E-state index in [0.717, 1.165) is 12.0 Å². The van der Waals surface area contributed by atoms with Crippen LogP contribution in [0.5, 0.6) is 5.75 Å². The number of carbonyl (C=O) groups is 1. The van der Waals surface area contributed by atoms with Crippen molar-refractivity contribution in [3.8, 4) is 5.75 Å². The van der Waals surface area contributed by atoms with E-state index < -0.39 is 0 Å². The maximum Gasteiger partial charge on any atom is 0.228 e. The number of amides is 1. The first-order chi connectivity index (χ1) is 10.6. The molecule has 0 bridgehead atoms. The highest BCUT2D eigenvalue weighted by molar-refractivity contribution is 5.93. The average molecular weight is 297 g/mol. The Labute approximate surface area is 132 Å². The molecule has 116 valence electrons. The van der Waals surface area contributed by atoms with Crippen molar-refractivity contribution in [3.05, 3.63) is 59.7 Å². The molecule has 0 saturated carbocycles. The molecule has 0 spiro atoms. The van der Waals surface area contributed by atoms with E-state index in [9.17, 15) is 4.79 Å². The maximum absolute atomic E-state index is 12.2. The summed E-state index contributed by atoms with van der Waals surface area (Å²) >= 11 is 0. The van der Waals surface area contributed by atoms with Crippen LogP contribution in [0.1, 0.15) is 31.9 Å². The Kier molecular flexibility index (Phi) is 5.59. The molecule has 0 aliphatic carbocycles. The molecule has 0 aromatic heterocycles. The van der Waals surface area contributed by atoms with Gasteiger partial charge < -0.3 is 10.1 Å². The molecule has 2 rings (SSSR count). The summed E-state index contributed by atoms with van der Waals surface area (Å²) in [6.45, 7) is 6.05. The van der Waals surface area contributed by atoms with E-state index in [2.05, 4.69) is 24.4 Å². The molecule has 3 heteroatoms. The van der Waals surface area contributed by atoms with Gasteiger partial charge in [0, 0.05) is 0 Å². The van der Waals surface area contributed by atoms with E-state index in [4.69, 9.17) is 4.74 Å². The van der Waals surface area contributed by atoms with Crippen LogP contribution in [-0.4, -0.2) is 12.0 Å². The molecule has 0 aliphatic heterocycles. The number of hydrogen-bond donors (Lipinski definition) is 1. The van der Waals surface area contributed by atoms with E-state index >= 15 is 0 Å². The number of nitrogens with one attached hydrogen (secondary N) is 1. The summed E-state index contributed by atoms with van der Waals surface area (Å²) in [4.78, 5) is 12.2. The van der Waals surface area contributed by atoms with Gasteiger partial charge in [0.05, 0.1) is 18.2 Å². The minimum absolute atomic E-state index is 0.0379. The topological polar surface area (TPSA) is 38.3 Å². The zero-order chi connectivity index (χ0) is 15.9. The summed E-state index contributed by atoms with van der Waals surface area (Å²) in [6, 6.07) is 15.7. The predicted molar refractivity (Wildman–Crippen MR) is 90.4 cm³/mol. The highest BCUT2D eigenvalue weighted by atomic mass is 16.5. The average Bonchev–Trinajstić information content (AvgIpc) is 2.49. The Morgan fingerprint density at radius 1 is 1.05 bits per heavy atom. The highest BCUT2D eigenvalue weighted by Gasteiger charge is 2.09. The Morgan fingerprint density at radius 3 is 2.32 bits per heavy atom. The first kappa shape index (κ1) is 16.1. The van der Waals surface area contributed by atoms with Crippen LogP contribution in [0.2, 0.25) is 0 Å². The largest absolute Gasteiger partial charge is 0.489 e. The van der Waals surface area contributed by atoms with Crippen LogP contribution in [0.3, 0.4) is 0 Å². The monoisotopic (exact) mass is 297 g/mol. The van der Waals surface area contributed by atoms with Crippen LogP contribution in [0.25, 0.3) is 0 Å². The Balaban J connectivity index is 2.02. The molecule has 0 heterocycles. The number of para-hydroxylation sites is 2. The summed E-state index contributed by atoms with van der Waals surface area (Å²) < 4.78 is 5.71. The van der Waals surface area contributed by atoms with Gasteiger partial charge in [-0.15, -0.1) is 0 Å². The van der Waals surface area contributed by atoms with Crippen LogP contribution >= 0.6 is 0 Å². The molecule has 1 N–H and O–H groups in total. The molecular weight excluding hydrogens is 274 g/mol. The van der Waals surface area contributed by atoms with Gasteiger partial charge in [0.15, 0.2) is 0 Å². The zero-order valence-electron chi connectivity index (χ0n) is 13.4. The lowest BCUT2D eigenvalue weighted by molar-refractivity contribution is -0.115. The van der Waals surface area contributed by atoms with Crippen molar-refractivity contribution >= 4 is 11.6 Å². The molecule has 0 fully saturated rings. The van der Waals surface area contributed by atoms with E-state index in [0.29, 0.717) is 17.9 Å². The van der Waals surface area contributed by atoms with Crippen LogP contribution in [0.4, 0.5) is 5.69 Å². The molecule has 1 amide bonds. The molecule has 0 radical (unpaired) electrons. The minimum atomic E-state index is -0.0379. The van der Waals surface area contributed by atoms with Crippen molar-refractivity contribution in [1.29, 1.82) is 0 Å². The fourth-order valence-electron chi connectivity index (χ4n) is 2.20. The van der Waals surface area contributed by atoms with Gasteiger partial charge >= 0.3 is 0 Å². The molecule has 3 nitrogen and oxygen atoms in total. The number of benzene rings is 2. The van der Waals surface area contributed by atoms with Crippen molar-refractivity contribution in [2.24, 2.45) is 0 Å². The van der Waals surface area contributed by atoms with Gasteiger partial charge in [0.2, 0.25) is 5.91 Å². The zero-order valence-corrected chi connectivity index (χ0v) is 13.4. The van der Waals surface area contributed by atoms with Crippen molar-refractivity contribution in [1.82, 2.24) is 0 Å². The van der Waals surface area contributed by atoms with Gasteiger partial charge in [0.25, 0.3) is 0 Å². The summed E-state index contributed by atoms with van der Waals surface area (Å²) in [5, 5.41) is 2.93. The SMILES string of the molecule is CCc1ccc(CC(=O)Nc2ccccc2OC(C)C)cc1. The van der Waals surface area contributed by atoms with Crippen LogP contribution < -0.4 is 10.1 Å². The first-order valence-electron chi connectivity index (χ1n) is 7.72. The molecule has 2 aromatic carbocycles. The highest BCUT2D eigenvalue weighted by Crippen LogP contribution is 2.25. The molecule has 0 saturated heterocycles. The van der Waals surface area contributed by atoms with Crippen LogP contribution in [-0.2, 0) is 17.6 Å². The molecular formula is C19H23NO2. The standard InChI is InChI=1S/C19H23NO2/c1-4-15-9-11-16(12-10-15)13-19(21)20-17-7-5-6-8-18(17)22-14(2)3/h5-12,14H,4,13H2,1-3H3,(H,20,21). The molecule has 0 aliphatic rings. The van der Waals surface area contributed by atoms with E-state index in [1.165, 1.54) is 5.56 Å². The fourth-order valence-corrected chi connectivity index (χ4v) is 2.20. The first-order valence-corrected chi connectivity index (χ1v) is 7.72. The van der Waals surface area contributed by atoms with Crippen LogP contribution in [0.15, 0.2) is 48.5 Å². The third-order valence-electron chi connectivity index (χ3n) is 3.32. The third kappa shape index (κ3) is 4.62. The number of hydrogen-bond acceptors (Lipinski definition) is 2. The molecule has 0 unspecified atom stereocenters. The number of aryl methyl sites for hydroxylation is 1. The summed E-state index contributed by atoms with van der Waals surface area (Å²) in [5.74, 6) is 0.663. The summed E-state index contributed by atoms with van der Waals surface area (Å²) in [7, 11) is 0. The lowest BCUT2D eigenvalue weighted by atomic mass is 10.1. The fraction of sp³-hybridized carbons (Fsp3) is 0.316. The molecule has 0 atom stereocenters. The smallest absolute Gasteiger partial charge is 0.228 e. The number of ether oxygens (including phenoxy) is 1. The normalized spacial score (nSPS) is 10.5. The van der Waals surface area contributed by atoms with Gasteiger partial charge in [-0.3, -0.25) is 4.79 Å². The molecule has 22 heavy (non-hydrogen) atoms. The maximum atomic E-state index is 12.2. The van der Waals surface area contributed by atoms with Crippen molar-refractivity contribution < 1.29 is 9.53 Å². The van der Waals surface area contributed by atoms with Gasteiger partial charge in [-0.25, -0.2) is 0 Å². The van der Waals surface area contributed by atoms with Crippen molar-refractivity contribution in [2.45, 2.75) is 39.7 Å². The van der Waals surface area contributed by atoms with Gasteiger partial charge in [-0.2, -0.15) is 0 Å². The number of rotatable bonds is 6. The van der Waals surface area contributed by atoms with Crippen LogP contribution in [0, 0.1) is 0 Å². The Bertz CT molecular complexity index is 618. The Hall–Kier alpha value is -2.29. The van der Waals surface area contributed by atoms with Gasteiger partial charge in [0.1, 0.15) is 5.75 Å². The number of carbonyl (C=O) groups excluding carboxylic acids is 1. The minimum Gasteiger partial charge on any atom is -0.489 e. The van der Waals surface area contributed by atoms with E-state index in [-0.39, 0.29) is 12.0 Å². The second-order valence-electron chi connectivity index (χ2n) is 5.56. The lowest BCUT2D eigenvalue weighted by Crippen LogP contribution is -2.16. The predicted octanol–water partition coefficient (Wildman–Crippen LogP) is 4.22. The number of anilines is 1. The molecule has 2 aromatic rings. The van der Waals surface area contributed by atoms with Crippen molar-refractivity contribution in [3.63, 3.8) is 0 Å². The lowest BCUT2D eigenvalue weighted by Gasteiger charge is -2.14. The quantitative estimate of drug-likeness (QED) is 0.867. The van der Waals surface area contributed by atoms with E-state index in [1.54, 1.807) is 0 Å².